The maximum atomic E-state index is 5.74. The van der Waals surface area contributed by atoms with E-state index in [9.17, 15) is 0 Å². The molecule has 0 aliphatic heterocycles. The average molecular weight is 268 g/mol. The number of nitrogens with two attached hydrogens (primary N) is 1. The van der Waals surface area contributed by atoms with Gasteiger partial charge in [0.2, 0.25) is 0 Å². The van der Waals surface area contributed by atoms with Crippen LogP contribution in [0.4, 0.5) is 5.69 Å². The number of hydrogen-bond donors (Lipinski definition) is 1. The number of nitrogens with zero attached hydrogens (tertiary/aromatic N) is 1. The van der Waals surface area contributed by atoms with E-state index in [0.29, 0.717) is 0 Å². The second-order valence-corrected chi connectivity index (χ2v) is 5.26. The SMILES string of the molecule is CCN(CC)CCSCc1ccc(N)cc1OC. The fourth-order valence-electron chi connectivity index (χ4n) is 1.80. The van der Waals surface area contributed by atoms with Crippen molar-refractivity contribution in [3.05, 3.63) is 23.8 Å². The molecule has 0 spiro atoms. The molecule has 0 aliphatic carbocycles. The summed E-state index contributed by atoms with van der Waals surface area (Å²) in [7, 11) is 1.69. The van der Waals surface area contributed by atoms with Gasteiger partial charge in [-0.3, -0.25) is 0 Å². The normalized spacial score (nSPS) is 10.9. The van der Waals surface area contributed by atoms with E-state index in [2.05, 4.69) is 24.8 Å². The fraction of sp³-hybridized carbons (Fsp3) is 0.571. The molecule has 0 saturated carbocycles. The van der Waals surface area contributed by atoms with E-state index < -0.39 is 0 Å². The lowest BCUT2D eigenvalue weighted by Gasteiger charge is -2.17. The summed E-state index contributed by atoms with van der Waals surface area (Å²) in [5.41, 5.74) is 7.71. The molecule has 0 saturated heterocycles. The van der Waals surface area contributed by atoms with Gasteiger partial charge in [-0.2, -0.15) is 11.8 Å². The van der Waals surface area contributed by atoms with Crippen LogP contribution in [0.25, 0.3) is 0 Å². The minimum atomic E-state index is 0.753. The van der Waals surface area contributed by atoms with Crippen molar-refractivity contribution in [2.24, 2.45) is 0 Å². The second-order valence-electron chi connectivity index (χ2n) is 4.15. The first-order valence-corrected chi connectivity index (χ1v) is 7.59. The van der Waals surface area contributed by atoms with Crippen molar-refractivity contribution in [3.63, 3.8) is 0 Å². The molecular weight excluding hydrogens is 244 g/mol. The summed E-state index contributed by atoms with van der Waals surface area (Å²) in [5, 5.41) is 0. The molecule has 1 rings (SSSR count). The molecule has 0 radical (unpaired) electrons. The number of methoxy groups -OCH3 is 1. The first kappa shape index (κ1) is 15.2. The van der Waals surface area contributed by atoms with Crippen LogP contribution in [0.15, 0.2) is 18.2 Å². The highest BCUT2D eigenvalue weighted by molar-refractivity contribution is 7.98. The predicted molar refractivity (Wildman–Crippen MR) is 81.4 cm³/mol. The molecule has 1 aromatic rings. The van der Waals surface area contributed by atoms with Crippen molar-refractivity contribution in [1.82, 2.24) is 4.90 Å². The highest BCUT2D eigenvalue weighted by Gasteiger charge is 2.04. The molecule has 3 nitrogen and oxygen atoms in total. The third-order valence-corrected chi connectivity index (χ3v) is 4.00. The molecule has 2 N–H and O–H groups in total. The minimum absolute atomic E-state index is 0.753. The van der Waals surface area contributed by atoms with Crippen LogP contribution in [-0.2, 0) is 5.75 Å². The van der Waals surface area contributed by atoms with E-state index >= 15 is 0 Å². The van der Waals surface area contributed by atoms with Crippen molar-refractivity contribution in [3.8, 4) is 5.75 Å². The molecule has 0 heterocycles. The molecule has 0 atom stereocenters. The molecule has 0 amide bonds. The summed E-state index contributed by atoms with van der Waals surface area (Å²) in [6.07, 6.45) is 0. The van der Waals surface area contributed by atoms with E-state index in [1.807, 2.05) is 23.9 Å². The number of thioether (sulfide) groups is 1. The smallest absolute Gasteiger partial charge is 0.124 e. The van der Waals surface area contributed by atoms with E-state index in [-0.39, 0.29) is 0 Å². The minimum Gasteiger partial charge on any atom is -0.496 e. The van der Waals surface area contributed by atoms with E-state index in [0.717, 1.165) is 42.6 Å². The van der Waals surface area contributed by atoms with Gasteiger partial charge < -0.3 is 15.4 Å². The van der Waals surface area contributed by atoms with Gasteiger partial charge in [0.05, 0.1) is 7.11 Å². The van der Waals surface area contributed by atoms with Crippen molar-refractivity contribution < 1.29 is 4.74 Å². The monoisotopic (exact) mass is 268 g/mol. The van der Waals surface area contributed by atoms with Gasteiger partial charge in [-0.25, -0.2) is 0 Å². The molecule has 0 aliphatic rings. The zero-order valence-corrected chi connectivity index (χ0v) is 12.4. The Kier molecular flexibility index (Phi) is 6.98. The summed E-state index contributed by atoms with van der Waals surface area (Å²) in [6, 6.07) is 5.88. The standard InChI is InChI=1S/C14H24N2OS/c1-4-16(5-2)8-9-18-11-12-6-7-13(15)10-14(12)17-3/h6-7,10H,4-5,8-9,11,15H2,1-3H3. The van der Waals surface area contributed by atoms with Crippen LogP contribution < -0.4 is 10.5 Å². The van der Waals surface area contributed by atoms with Crippen LogP contribution in [0.2, 0.25) is 0 Å². The van der Waals surface area contributed by atoms with Crippen LogP contribution in [0.1, 0.15) is 19.4 Å². The molecule has 0 fully saturated rings. The molecule has 0 bridgehead atoms. The summed E-state index contributed by atoms with van der Waals surface area (Å²) in [4.78, 5) is 2.44. The number of benzene rings is 1. The summed E-state index contributed by atoms with van der Waals surface area (Å²) in [5.74, 6) is 3.02. The Labute approximate surface area is 115 Å². The lowest BCUT2D eigenvalue weighted by molar-refractivity contribution is 0.324. The quantitative estimate of drug-likeness (QED) is 0.581. The lowest BCUT2D eigenvalue weighted by atomic mass is 10.2. The van der Waals surface area contributed by atoms with E-state index in [4.69, 9.17) is 10.5 Å². The molecule has 0 unspecified atom stereocenters. The molecule has 1 aromatic carbocycles. The average Bonchev–Trinajstić information content (AvgIpc) is 2.40. The Bertz CT molecular complexity index is 354. The fourth-order valence-corrected chi connectivity index (χ4v) is 2.79. The van der Waals surface area contributed by atoms with Crippen molar-refractivity contribution in [2.45, 2.75) is 19.6 Å². The van der Waals surface area contributed by atoms with Gasteiger partial charge in [-0.05, 0) is 19.2 Å². The van der Waals surface area contributed by atoms with Gasteiger partial charge in [0.15, 0.2) is 0 Å². The molecule has 4 heteroatoms. The van der Waals surface area contributed by atoms with Crippen LogP contribution in [0.5, 0.6) is 5.75 Å². The Balaban J connectivity index is 2.39. The van der Waals surface area contributed by atoms with Gasteiger partial charge in [0.25, 0.3) is 0 Å². The Morgan fingerprint density at radius 1 is 1.28 bits per heavy atom. The third kappa shape index (κ3) is 4.78. The van der Waals surface area contributed by atoms with Crippen LogP contribution >= 0.6 is 11.8 Å². The highest BCUT2D eigenvalue weighted by Crippen LogP contribution is 2.25. The maximum absolute atomic E-state index is 5.74. The Morgan fingerprint density at radius 2 is 2.00 bits per heavy atom. The third-order valence-electron chi connectivity index (χ3n) is 3.01. The summed E-state index contributed by atoms with van der Waals surface area (Å²) < 4.78 is 5.34. The van der Waals surface area contributed by atoms with Gasteiger partial charge in [0, 0.05) is 35.4 Å². The first-order valence-electron chi connectivity index (χ1n) is 6.43. The molecule has 0 aromatic heterocycles. The van der Waals surface area contributed by atoms with E-state index in [1.165, 1.54) is 5.56 Å². The molecular formula is C14H24N2OS. The number of ether oxygens (including phenoxy) is 1. The topological polar surface area (TPSA) is 38.5 Å². The van der Waals surface area contributed by atoms with Crippen molar-refractivity contribution >= 4 is 17.4 Å². The Hall–Kier alpha value is -0.870. The Morgan fingerprint density at radius 3 is 2.61 bits per heavy atom. The number of hydrogen-bond acceptors (Lipinski definition) is 4. The highest BCUT2D eigenvalue weighted by atomic mass is 32.2. The molecule has 18 heavy (non-hydrogen) atoms. The van der Waals surface area contributed by atoms with E-state index in [1.54, 1.807) is 7.11 Å². The zero-order valence-electron chi connectivity index (χ0n) is 11.6. The van der Waals surface area contributed by atoms with Crippen LogP contribution in [0.3, 0.4) is 0 Å². The van der Waals surface area contributed by atoms with Gasteiger partial charge in [0.1, 0.15) is 5.75 Å². The number of anilines is 1. The lowest BCUT2D eigenvalue weighted by Crippen LogP contribution is -2.25. The predicted octanol–water partition coefficient (Wildman–Crippen LogP) is 2.85. The zero-order chi connectivity index (χ0) is 13.4. The first-order chi connectivity index (χ1) is 8.71. The largest absolute Gasteiger partial charge is 0.496 e. The maximum Gasteiger partial charge on any atom is 0.124 e. The van der Waals surface area contributed by atoms with Crippen molar-refractivity contribution in [1.29, 1.82) is 0 Å². The number of rotatable bonds is 8. The summed E-state index contributed by atoms with van der Waals surface area (Å²) >= 11 is 1.94. The van der Waals surface area contributed by atoms with Crippen LogP contribution in [0, 0.1) is 0 Å². The van der Waals surface area contributed by atoms with Gasteiger partial charge in [-0.15, -0.1) is 0 Å². The van der Waals surface area contributed by atoms with Crippen LogP contribution in [-0.4, -0.2) is 37.4 Å². The van der Waals surface area contributed by atoms with Crippen molar-refractivity contribution in [2.75, 3.05) is 38.2 Å². The molecule has 102 valence electrons. The second kappa shape index (κ2) is 8.27. The van der Waals surface area contributed by atoms with Gasteiger partial charge >= 0.3 is 0 Å². The summed E-state index contributed by atoms with van der Waals surface area (Å²) in [6.45, 7) is 7.81. The van der Waals surface area contributed by atoms with Gasteiger partial charge in [-0.1, -0.05) is 19.9 Å². The number of nitrogen functional groups attached to an aromatic ring is 1.